The number of quaternary nitrogens is 1. The summed E-state index contributed by atoms with van der Waals surface area (Å²) in [5, 5.41) is 0. The number of hydrogen-bond acceptors (Lipinski definition) is 8. The van der Waals surface area contributed by atoms with Crippen LogP contribution in [-0.4, -0.2) is 70.0 Å². The van der Waals surface area contributed by atoms with Gasteiger partial charge in [-0.2, -0.15) is 0 Å². The van der Waals surface area contributed by atoms with Crippen molar-refractivity contribution in [3.05, 3.63) is 60.8 Å². The number of esters is 2. The van der Waals surface area contributed by atoms with Crippen molar-refractivity contribution in [2.24, 2.45) is 0 Å². The van der Waals surface area contributed by atoms with Gasteiger partial charge in [0.15, 0.2) is 6.10 Å². The number of ether oxygens (including phenoxy) is 2. The molecule has 0 heterocycles. The predicted molar refractivity (Wildman–Crippen MR) is 240 cm³/mol. The largest absolute Gasteiger partial charge is 0.756 e. The molecule has 10 heteroatoms. The van der Waals surface area contributed by atoms with Crippen molar-refractivity contribution in [2.75, 3.05) is 47.5 Å². The number of carbonyl (C=O) groups is 2. The van der Waals surface area contributed by atoms with Gasteiger partial charge in [0.2, 0.25) is 0 Å². The van der Waals surface area contributed by atoms with Gasteiger partial charge in [-0.15, -0.1) is 0 Å². The summed E-state index contributed by atoms with van der Waals surface area (Å²) in [4.78, 5) is 37.6. The quantitative estimate of drug-likeness (QED) is 0.0197. The SMILES string of the molecule is CCCCC/C=C/C/C=C/C/C=C/C/C=C/CCCC(=O)OC[C@H](COP(=O)([O-])OCC[N+](C)(C)C)OC(=O)CCCCCCCCC/C=C/CCCCCCCC. The smallest absolute Gasteiger partial charge is 0.306 e. The molecule has 9 nitrogen and oxygen atoms in total. The first-order valence-electron chi connectivity index (χ1n) is 23.0. The van der Waals surface area contributed by atoms with Crippen LogP contribution in [0.2, 0.25) is 0 Å². The first-order valence-corrected chi connectivity index (χ1v) is 24.5. The molecule has 0 spiro atoms. The first kappa shape index (κ1) is 55.7. The Morgan fingerprint density at radius 1 is 0.534 bits per heavy atom. The van der Waals surface area contributed by atoms with E-state index in [4.69, 9.17) is 18.5 Å². The van der Waals surface area contributed by atoms with Gasteiger partial charge in [-0.1, -0.05) is 152 Å². The van der Waals surface area contributed by atoms with Crippen LogP contribution in [0.1, 0.15) is 181 Å². The Balaban J connectivity index is 4.44. The van der Waals surface area contributed by atoms with E-state index in [0.717, 1.165) is 51.4 Å². The molecule has 0 bridgehead atoms. The fraction of sp³-hybridized carbons (Fsp3) is 0.750. The van der Waals surface area contributed by atoms with Crippen molar-refractivity contribution < 1.29 is 42.1 Å². The third-order valence-electron chi connectivity index (χ3n) is 9.51. The molecule has 336 valence electrons. The average Bonchev–Trinajstić information content (AvgIpc) is 3.17. The zero-order valence-electron chi connectivity index (χ0n) is 37.7. The van der Waals surface area contributed by atoms with Crippen molar-refractivity contribution in [3.8, 4) is 0 Å². The molecule has 0 saturated heterocycles. The number of hydrogen-bond donors (Lipinski definition) is 0. The van der Waals surface area contributed by atoms with Gasteiger partial charge in [-0.05, 0) is 77.0 Å². The number of phosphoric acid groups is 1. The van der Waals surface area contributed by atoms with Gasteiger partial charge in [-0.3, -0.25) is 14.2 Å². The highest BCUT2D eigenvalue weighted by atomic mass is 31.2. The lowest BCUT2D eigenvalue weighted by atomic mass is 10.1. The molecular weight excluding hydrogens is 750 g/mol. The fourth-order valence-electron chi connectivity index (χ4n) is 5.88. The summed E-state index contributed by atoms with van der Waals surface area (Å²) in [6.07, 6.45) is 48.2. The molecule has 0 aliphatic heterocycles. The average molecular weight is 836 g/mol. The molecular formula is C48H86NO8P. The maximum atomic E-state index is 12.7. The van der Waals surface area contributed by atoms with Crippen LogP contribution < -0.4 is 4.89 Å². The van der Waals surface area contributed by atoms with Crippen molar-refractivity contribution in [2.45, 2.75) is 187 Å². The van der Waals surface area contributed by atoms with E-state index >= 15 is 0 Å². The van der Waals surface area contributed by atoms with Crippen LogP contribution in [-0.2, 0) is 32.7 Å². The summed E-state index contributed by atoms with van der Waals surface area (Å²) < 4.78 is 33.9. The van der Waals surface area contributed by atoms with E-state index in [0.29, 0.717) is 23.9 Å². The lowest BCUT2D eigenvalue weighted by molar-refractivity contribution is -0.870. The minimum absolute atomic E-state index is 0.0421. The number of carbonyl (C=O) groups excluding carboxylic acids is 2. The van der Waals surface area contributed by atoms with Crippen LogP contribution in [0.4, 0.5) is 0 Å². The second-order valence-corrected chi connectivity index (χ2v) is 17.8. The molecule has 0 aromatic rings. The monoisotopic (exact) mass is 836 g/mol. The zero-order valence-corrected chi connectivity index (χ0v) is 38.6. The lowest BCUT2D eigenvalue weighted by Crippen LogP contribution is -2.37. The zero-order chi connectivity index (χ0) is 42.8. The number of likely N-dealkylation sites (N-methyl/N-ethyl adjacent to an activating group) is 1. The molecule has 0 aliphatic rings. The predicted octanol–water partition coefficient (Wildman–Crippen LogP) is 12.6. The molecule has 1 unspecified atom stereocenters. The van der Waals surface area contributed by atoms with E-state index in [2.05, 4.69) is 74.6 Å². The number of allylic oxidation sites excluding steroid dienone is 10. The van der Waals surface area contributed by atoms with Gasteiger partial charge in [0.25, 0.3) is 7.82 Å². The molecule has 0 saturated carbocycles. The van der Waals surface area contributed by atoms with Gasteiger partial charge in [-0.25, -0.2) is 0 Å². The highest BCUT2D eigenvalue weighted by Gasteiger charge is 2.21. The molecule has 58 heavy (non-hydrogen) atoms. The number of phosphoric ester groups is 1. The summed E-state index contributed by atoms with van der Waals surface area (Å²) in [6, 6.07) is 0. The summed E-state index contributed by atoms with van der Waals surface area (Å²) in [5.74, 6) is -0.907. The number of unbranched alkanes of at least 4 members (excludes halogenated alkanes) is 17. The fourth-order valence-corrected chi connectivity index (χ4v) is 6.60. The van der Waals surface area contributed by atoms with E-state index in [1.807, 2.05) is 21.1 Å². The minimum Gasteiger partial charge on any atom is -0.756 e. The number of rotatable bonds is 41. The van der Waals surface area contributed by atoms with Crippen molar-refractivity contribution >= 4 is 19.8 Å². The Morgan fingerprint density at radius 3 is 1.48 bits per heavy atom. The molecule has 0 aromatic carbocycles. The third-order valence-corrected chi connectivity index (χ3v) is 10.5. The molecule has 0 N–H and O–H groups in total. The molecule has 0 fully saturated rings. The molecule has 0 aliphatic carbocycles. The summed E-state index contributed by atoms with van der Waals surface area (Å²) in [6.45, 7) is 4.12. The van der Waals surface area contributed by atoms with E-state index < -0.39 is 32.5 Å². The molecule has 0 radical (unpaired) electrons. The molecule has 0 amide bonds. The normalized spacial score (nSPS) is 14.1. The van der Waals surface area contributed by atoms with Crippen molar-refractivity contribution in [3.63, 3.8) is 0 Å². The van der Waals surface area contributed by atoms with Gasteiger partial charge in [0.1, 0.15) is 19.8 Å². The van der Waals surface area contributed by atoms with E-state index in [-0.39, 0.29) is 26.1 Å². The Labute approximate surface area is 356 Å². The minimum atomic E-state index is -4.64. The Hall–Kier alpha value is -2.29. The van der Waals surface area contributed by atoms with Gasteiger partial charge < -0.3 is 27.9 Å². The van der Waals surface area contributed by atoms with Crippen molar-refractivity contribution in [1.29, 1.82) is 0 Å². The van der Waals surface area contributed by atoms with Crippen LogP contribution in [0.5, 0.6) is 0 Å². The van der Waals surface area contributed by atoms with Crippen LogP contribution in [0.3, 0.4) is 0 Å². The summed E-state index contributed by atoms with van der Waals surface area (Å²) in [5.41, 5.74) is 0. The first-order chi connectivity index (χ1) is 28.0. The standard InChI is InChI=1S/C48H86NO8P/c1-6-8-10-12-14-16-18-20-22-24-26-28-30-32-34-36-38-40-47(50)54-44-46(45-56-58(52,53)55-43-42-49(3,4)5)57-48(51)41-39-37-35-33-31-29-27-25-23-21-19-17-15-13-11-9-7-2/h14,16,20-23,26,28,32,34,46H,6-13,15,17-19,24-25,27,29-31,33,35-45H2,1-5H3/b16-14+,22-20+,23-21+,28-26+,34-32+/t46-/m1/s1. The summed E-state index contributed by atoms with van der Waals surface area (Å²) >= 11 is 0. The van der Waals surface area contributed by atoms with E-state index in [1.54, 1.807) is 0 Å². The molecule has 2 atom stereocenters. The third kappa shape index (κ3) is 43.3. The second kappa shape index (κ2) is 40.1. The van der Waals surface area contributed by atoms with Gasteiger partial charge in [0.05, 0.1) is 27.7 Å². The van der Waals surface area contributed by atoms with Crippen molar-refractivity contribution in [1.82, 2.24) is 0 Å². The van der Waals surface area contributed by atoms with Gasteiger partial charge in [0, 0.05) is 12.8 Å². The second-order valence-electron chi connectivity index (χ2n) is 16.4. The Bertz CT molecular complexity index is 1170. The maximum absolute atomic E-state index is 12.7. The van der Waals surface area contributed by atoms with Crippen LogP contribution in [0.15, 0.2) is 60.8 Å². The summed E-state index contributed by atoms with van der Waals surface area (Å²) in [7, 11) is 1.13. The Morgan fingerprint density at radius 2 is 0.948 bits per heavy atom. The van der Waals surface area contributed by atoms with Crippen LogP contribution >= 0.6 is 7.82 Å². The molecule has 0 rings (SSSR count). The highest BCUT2D eigenvalue weighted by molar-refractivity contribution is 7.45. The lowest BCUT2D eigenvalue weighted by Gasteiger charge is -2.28. The van der Waals surface area contributed by atoms with Crippen LogP contribution in [0, 0.1) is 0 Å². The van der Waals surface area contributed by atoms with Gasteiger partial charge >= 0.3 is 11.9 Å². The molecule has 0 aromatic heterocycles. The van der Waals surface area contributed by atoms with Crippen LogP contribution in [0.25, 0.3) is 0 Å². The van der Waals surface area contributed by atoms with E-state index in [1.165, 1.54) is 89.9 Å². The highest BCUT2D eigenvalue weighted by Crippen LogP contribution is 2.38. The number of nitrogens with zero attached hydrogens (tertiary/aromatic N) is 1. The topological polar surface area (TPSA) is 111 Å². The van der Waals surface area contributed by atoms with E-state index in [9.17, 15) is 19.0 Å². The Kier molecular flexibility index (Phi) is 38.5. The maximum Gasteiger partial charge on any atom is 0.306 e.